The number of carboxylic acids is 1. The van der Waals surface area contributed by atoms with E-state index in [0.717, 1.165) is 37.9 Å². The zero-order chi connectivity index (χ0) is 15.5. The lowest BCUT2D eigenvalue weighted by molar-refractivity contribution is -0.140. The lowest BCUT2D eigenvalue weighted by atomic mass is 9.69. The van der Waals surface area contributed by atoms with Gasteiger partial charge in [0.1, 0.15) is 0 Å². The van der Waals surface area contributed by atoms with Gasteiger partial charge in [0.15, 0.2) is 5.82 Å². The summed E-state index contributed by atoms with van der Waals surface area (Å²) in [5.41, 5.74) is -0.0830. The molecule has 21 heavy (non-hydrogen) atoms. The summed E-state index contributed by atoms with van der Waals surface area (Å²) in [7, 11) is 0. The van der Waals surface area contributed by atoms with Gasteiger partial charge in [0.25, 0.3) is 0 Å². The molecule has 0 radical (unpaired) electrons. The fraction of sp³-hybridized carbons (Fsp3) is 0.812. The molecule has 0 saturated heterocycles. The summed E-state index contributed by atoms with van der Waals surface area (Å²) in [6, 6.07) is 0. The van der Waals surface area contributed by atoms with Crippen molar-refractivity contribution in [3.8, 4) is 0 Å². The third-order valence-electron chi connectivity index (χ3n) is 4.17. The molecule has 1 N–H and O–H groups in total. The van der Waals surface area contributed by atoms with Crippen molar-refractivity contribution < 1.29 is 14.4 Å². The Balaban J connectivity index is 2.08. The maximum atomic E-state index is 11.2. The van der Waals surface area contributed by atoms with Crippen LogP contribution in [0.4, 0.5) is 0 Å². The first kappa shape index (κ1) is 16.0. The van der Waals surface area contributed by atoms with Gasteiger partial charge in [-0.05, 0) is 23.7 Å². The van der Waals surface area contributed by atoms with E-state index < -0.39 is 5.97 Å². The van der Waals surface area contributed by atoms with Gasteiger partial charge in [0, 0.05) is 12.8 Å². The van der Waals surface area contributed by atoms with E-state index in [2.05, 4.69) is 30.9 Å². The van der Waals surface area contributed by atoms with Crippen molar-refractivity contribution in [1.29, 1.82) is 0 Å². The van der Waals surface area contributed by atoms with E-state index in [1.54, 1.807) is 0 Å². The molecule has 5 nitrogen and oxygen atoms in total. The number of carboxylic acid groups (broad SMARTS) is 1. The summed E-state index contributed by atoms with van der Waals surface area (Å²) in [4.78, 5) is 15.7. The molecule has 1 aliphatic carbocycles. The first-order chi connectivity index (χ1) is 9.78. The Morgan fingerprint density at radius 1 is 1.29 bits per heavy atom. The molecule has 0 aliphatic heterocycles. The van der Waals surface area contributed by atoms with Gasteiger partial charge in [-0.15, -0.1) is 0 Å². The standard InChI is InChI=1S/C16H26N2O3/c1-15(2,3)9-12-17-13(21-18-12)10-16(11-14(19)20)7-5-4-6-8-16/h4-11H2,1-3H3,(H,19,20). The lowest BCUT2D eigenvalue weighted by Crippen LogP contribution is -2.30. The largest absolute Gasteiger partial charge is 0.481 e. The summed E-state index contributed by atoms with van der Waals surface area (Å²) < 4.78 is 5.37. The molecule has 5 heteroatoms. The van der Waals surface area contributed by atoms with Gasteiger partial charge in [-0.1, -0.05) is 45.2 Å². The topological polar surface area (TPSA) is 76.2 Å². The van der Waals surface area contributed by atoms with Gasteiger partial charge in [0.05, 0.1) is 6.42 Å². The van der Waals surface area contributed by atoms with Crippen LogP contribution >= 0.6 is 0 Å². The second-order valence-corrected chi connectivity index (χ2v) is 7.65. The monoisotopic (exact) mass is 294 g/mol. The molecule has 1 saturated carbocycles. The van der Waals surface area contributed by atoms with Crippen LogP contribution in [0.5, 0.6) is 0 Å². The highest BCUT2D eigenvalue weighted by molar-refractivity contribution is 5.67. The normalized spacial score (nSPS) is 18.6. The van der Waals surface area contributed by atoms with Crippen molar-refractivity contribution in [3.05, 3.63) is 11.7 Å². The first-order valence-electron chi connectivity index (χ1n) is 7.81. The zero-order valence-corrected chi connectivity index (χ0v) is 13.3. The highest BCUT2D eigenvalue weighted by atomic mass is 16.5. The van der Waals surface area contributed by atoms with E-state index in [0.29, 0.717) is 12.3 Å². The predicted molar refractivity (Wildman–Crippen MR) is 78.9 cm³/mol. The minimum absolute atomic E-state index is 0.116. The number of rotatable bonds is 5. The summed E-state index contributed by atoms with van der Waals surface area (Å²) in [5.74, 6) is 0.586. The molecule has 1 heterocycles. The molecule has 0 atom stereocenters. The molecular formula is C16H26N2O3. The van der Waals surface area contributed by atoms with Crippen LogP contribution in [-0.4, -0.2) is 21.2 Å². The maximum Gasteiger partial charge on any atom is 0.303 e. The third kappa shape index (κ3) is 4.83. The zero-order valence-electron chi connectivity index (χ0n) is 13.3. The highest BCUT2D eigenvalue weighted by Gasteiger charge is 2.36. The maximum absolute atomic E-state index is 11.2. The number of hydrogen-bond acceptors (Lipinski definition) is 4. The van der Waals surface area contributed by atoms with E-state index in [1.165, 1.54) is 6.42 Å². The molecule has 1 aromatic rings. The van der Waals surface area contributed by atoms with Crippen LogP contribution in [0.25, 0.3) is 0 Å². The number of carbonyl (C=O) groups is 1. The van der Waals surface area contributed by atoms with Crippen LogP contribution in [0.2, 0.25) is 0 Å². The van der Waals surface area contributed by atoms with Crippen LogP contribution < -0.4 is 0 Å². The van der Waals surface area contributed by atoms with Crippen molar-refractivity contribution in [2.24, 2.45) is 10.8 Å². The lowest BCUT2D eigenvalue weighted by Gasteiger charge is -2.34. The molecular weight excluding hydrogens is 268 g/mol. The molecule has 0 aromatic carbocycles. The van der Waals surface area contributed by atoms with Crippen molar-refractivity contribution in [3.63, 3.8) is 0 Å². The second kappa shape index (κ2) is 6.16. The molecule has 0 unspecified atom stereocenters. The van der Waals surface area contributed by atoms with Crippen LogP contribution in [0, 0.1) is 10.8 Å². The molecule has 1 aliphatic rings. The summed E-state index contributed by atoms with van der Waals surface area (Å²) in [6.07, 6.45) is 6.82. The predicted octanol–water partition coefficient (Wildman–Crippen LogP) is 3.63. The number of nitrogens with zero attached hydrogens (tertiary/aromatic N) is 2. The SMILES string of the molecule is CC(C)(C)Cc1noc(CC2(CC(=O)O)CCCCC2)n1. The van der Waals surface area contributed by atoms with Gasteiger partial charge in [-0.3, -0.25) is 4.79 Å². The molecule has 1 fully saturated rings. The average molecular weight is 294 g/mol. The molecule has 0 amide bonds. The Bertz CT molecular complexity index is 482. The molecule has 118 valence electrons. The van der Waals surface area contributed by atoms with E-state index in [1.807, 2.05) is 0 Å². The molecule has 2 rings (SSSR count). The summed E-state index contributed by atoms with van der Waals surface area (Å²) >= 11 is 0. The van der Waals surface area contributed by atoms with Gasteiger partial charge < -0.3 is 9.63 Å². The van der Waals surface area contributed by atoms with Crippen LogP contribution in [-0.2, 0) is 17.6 Å². The molecule has 0 spiro atoms. The Kier molecular flexibility index (Phi) is 4.69. The van der Waals surface area contributed by atoms with Gasteiger partial charge in [-0.25, -0.2) is 0 Å². The second-order valence-electron chi connectivity index (χ2n) is 7.65. The Morgan fingerprint density at radius 3 is 2.52 bits per heavy atom. The van der Waals surface area contributed by atoms with Crippen molar-refractivity contribution in [2.45, 2.75) is 72.1 Å². The van der Waals surface area contributed by atoms with Gasteiger partial charge in [0.2, 0.25) is 5.89 Å². The minimum atomic E-state index is -0.730. The smallest absolute Gasteiger partial charge is 0.303 e. The Hall–Kier alpha value is -1.39. The van der Waals surface area contributed by atoms with E-state index >= 15 is 0 Å². The fourth-order valence-corrected chi connectivity index (χ4v) is 3.27. The summed E-state index contributed by atoms with van der Waals surface area (Å²) in [6.45, 7) is 6.41. The van der Waals surface area contributed by atoms with E-state index in [-0.39, 0.29) is 17.3 Å². The van der Waals surface area contributed by atoms with E-state index in [9.17, 15) is 9.90 Å². The summed E-state index contributed by atoms with van der Waals surface area (Å²) in [5, 5.41) is 13.2. The third-order valence-corrected chi connectivity index (χ3v) is 4.17. The van der Waals surface area contributed by atoms with E-state index in [4.69, 9.17) is 4.52 Å². The Morgan fingerprint density at radius 2 is 1.95 bits per heavy atom. The quantitative estimate of drug-likeness (QED) is 0.897. The van der Waals surface area contributed by atoms with Gasteiger partial charge in [-0.2, -0.15) is 4.98 Å². The number of hydrogen-bond donors (Lipinski definition) is 1. The minimum Gasteiger partial charge on any atom is -0.481 e. The van der Waals surface area contributed by atoms with Crippen LogP contribution in [0.3, 0.4) is 0 Å². The Labute approximate surface area is 126 Å². The molecule has 1 aromatic heterocycles. The van der Waals surface area contributed by atoms with Crippen molar-refractivity contribution in [1.82, 2.24) is 10.1 Å². The average Bonchev–Trinajstić information content (AvgIpc) is 2.73. The molecule has 0 bridgehead atoms. The number of aliphatic carboxylic acids is 1. The van der Waals surface area contributed by atoms with Gasteiger partial charge >= 0.3 is 5.97 Å². The number of aromatic nitrogens is 2. The first-order valence-corrected chi connectivity index (χ1v) is 7.81. The van der Waals surface area contributed by atoms with Crippen molar-refractivity contribution >= 4 is 5.97 Å². The van der Waals surface area contributed by atoms with Crippen molar-refractivity contribution in [2.75, 3.05) is 0 Å². The van der Waals surface area contributed by atoms with Crippen LogP contribution in [0.1, 0.15) is 71.0 Å². The fourth-order valence-electron chi connectivity index (χ4n) is 3.27. The highest BCUT2D eigenvalue weighted by Crippen LogP contribution is 2.42. The van der Waals surface area contributed by atoms with Crippen LogP contribution in [0.15, 0.2) is 4.52 Å².